The molecule has 0 amide bonds. The van der Waals surface area contributed by atoms with Gasteiger partial charge in [-0.25, -0.2) is 0 Å². The first kappa shape index (κ1) is 20.6. The molecule has 1 N–H and O–H groups in total. The van der Waals surface area contributed by atoms with Crippen molar-refractivity contribution in [2.45, 2.75) is 31.4 Å². The lowest BCUT2D eigenvalue weighted by Gasteiger charge is -2.38. The van der Waals surface area contributed by atoms with Crippen molar-refractivity contribution in [3.8, 4) is 0 Å². The standard InChI is InChI=1S/C19H19F6N3/c1-12-11-28(9-8-26-12)17(13-2-4-14(5-3-13)18(20,21)22)16-7-6-15(10-27-16)19(23,24)25/h2-7,10,12,17,26H,8-9,11H2,1H3. The number of piperazine rings is 1. The van der Waals surface area contributed by atoms with Crippen LogP contribution < -0.4 is 5.32 Å². The third-order valence-corrected chi connectivity index (χ3v) is 4.71. The molecule has 0 radical (unpaired) electrons. The molecule has 1 aliphatic rings. The van der Waals surface area contributed by atoms with Gasteiger partial charge in [-0.2, -0.15) is 26.3 Å². The van der Waals surface area contributed by atoms with Gasteiger partial charge in [-0.15, -0.1) is 0 Å². The Morgan fingerprint density at radius 3 is 2.07 bits per heavy atom. The maximum absolute atomic E-state index is 12.9. The lowest BCUT2D eigenvalue weighted by atomic mass is 9.98. The molecule has 0 saturated carbocycles. The average Bonchev–Trinajstić information content (AvgIpc) is 2.61. The summed E-state index contributed by atoms with van der Waals surface area (Å²) in [5, 5.41) is 3.27. The van der Waals surface area contributed by atoms with E-state index in [1.807, 2.05) is 11.8 Å². The maximum Gasteiger partial charge on any atom is 0.417 e. The smallest absolute Gasteiger partial charge is 0.312 e. The van der Waals surface area contributed by atoms with Crippen molar-refractivity contribution in [3.63, 3.8) is 0 Å². The molecule has 9 heteroatoms. The molecule has 3 rings (SSSR count). The molecule has 2 unspecified atom stereocenters. The van der Waals surface area contributed by atoms with Gasteiger partial charge >= 0.3 is 12.4 Å². The van der Waals surface area contributed by atoms with Gasteiger partial charge in [-0.05, 0) is 36.8 Å². The molecule has 1 aliphatic heterocycles. The highest BCUT2D eigenvalue weighted by molar-refractivity contribution is 5.33. The van der Waals surface area contributed by atoms with Crippen LogP contribution in [0.1, 0.15) is 35.3 Å². The first-order valence-electron chi connectivity index (χ1n) is 8.73. The number of rotatable bonds is 3. The predicted molar refractivity (Wildman–Crippen MR) is 91.6 cm³/mol. The van der Waals surface area contributed by atoms with Crippen LogP contribution in [0.5, 0.6) is 0 Å². The van der Waals surface area contributed by atoms with Gasteiger partial charge in [0.25, 0.3) is 0 Å². The normalized spacial score (nSPS) is 20.2. The summed E-state index contributed by atoms with van der Waals surface area (Å²) in [5.74, 6) is 0. The van der Waals surface area contributed by atoms with Crippen molar-refractivity contribution < 1.29 is 26.3 Å². The lowest BCUT2D eigenvalue weighted by molar-refractivity contribution is -0.138. The number of nitrogens with one attached hydrogen (secondary N) is 1. The third kappa shape index (κ3) is 4.64. The molecule has 0 bridgehead atoms. The maximum atomic E-state index is 12.9. The third-order valence-electron chi connectivity index (χ3n) is 4.71. The first-order valence-corrected chi connectivity index (χ1v) is 8.73. The van der Waals surface area contributed by atoms with Crippen LogP contribution in [-0.4, -0.2) is 35.6 Å². The Bertz CT molecular complexity index is 726. The Labute approximate surface area is 158 Å². The molecule has 0 aliphatic carbocycles. The number of alkyl halides is 6. The summed E-state index contributed by atoms with van der Waals surface area (Å²) in [6, 6.07) is 6.53. The Hall–Kier alpha value is -2.13. The van der Waals surface area contributed by atoms with E-state index < -0.39 is 29.5 Å². The summed E-state index contributed by atoms with van der Waals surface area (Å²) >= 11 is 0. The average molecular weight is 403 g/mol. The molecule has 152 valence electrons. The van der Waals surface area contributed by atoms with E-state index in [4.69, 9.17) is 0 Å². The number of halogens is 6. The molecule has 1 aromatic heterocycles. The molecule has 2 aromatic rings. The zero-order chi connectivity index (χ0) is 20.5. The van der Waals surface area contributed by atoms with E-state index in [0.717, 1.165) is 24.4 Å². The zero-order valence-corrected chi connectivity index (χ0v) is 15.0. The van der Waals surface area contributed by atoms with Crippen LogP contribution in [0.3, 0.4) is 0 Å². The molecule has 3 nitrogen and oxygen atoms in total. The number of hydrogen-bond donors (Lipinski definition) is 1. The van der Waals surface area contributed by atoms with E-state index in [9.17, 15) is 26.3 Å². The van der Waals surface area contributed by atoms with Crippen LogP contribution in [0.25, 0.3) is 0 Å². The van der Waals surface area contributed by atoms with Crippen LogP contribution in [0.2, 0.25) is 0 Å². The molecule has 2 atom stereocenters. The van der Waals surface area contributed by atoms with Gasteiger partial charge in [-0.1, -0.05) is 12.1 Å². The van der Waals surface area contributed by atoms with E-state index in [0.29, 0.717) is 30.9 Å². The summed E-state index contributed by atoms with van der Waals surface area (Å²) in [7, 11) is 0. The van der Waals surface area contributed by atoms with Crippen LogP contribution >= 0.6 is 0 Å². The second-order valence-corrected chi connectivity index (χ2v) is 6.84. The van der Waals surface area contributed by atoms with Crippen molar-refractivity contribution in [3.05, 3.63) is 65.0 Å². The summed E-state index contributed by atoms with van der Waals surface area (Å²) < 4.78 is 77.1. The van der Waals surface area contributed by atoms with Gasteiger partial charge in [0.2, 0.25) is 0 Å². The Kier molecular flexibility index (Phi) is 5.67. The highest BCUT2D eigenvalue weighted by Crippen LogP contribution is 2.34. The molecule has 2 heterocycles. The molecule has 0 spiro atoms. The highest BCUT2D eigenvalue weighted by Gasteiger charge is 2.33. The molecule has 1 aromatic carbocycles. The van der Waals surface area contributed by atoms with E-state index in [-0.39, 0.29) is 6.04 Å². The largest absolute Gasteiger partial charge is 0.417 e. The van der Waals surface area contributed by atoms with E-state index in [1.54, 1.807) is 0 Å². The molecule has 1 saturated heterocycles. The summed E-state index contributed by atoms with van der Waals surface area (Å²) in [5.41, 5.74) is -0.726. The fourth-order valence-electron chi connectivity index (χ4n) is 3.35. The van der Waals surface area contributed by atoms with E-state index in [2.05, 4.69) is 10.3 Å². The number of pyridine rings is 1. The number of hydrogen-bond acceptors (Lipinski definition) is 3. The number of aromatic nitrogens is 1. The fourth-order valence-corrected chi connectivity index (χ4v) is 3.35. The van der Waals surface area contributed by atoms with Gasteiger partial charge in [0.1, 0.15) is 0 Å². The quantitative estimate of drug-likeness (QED) is 0.765. The Morgan fingerprint density at radius 1 is 0.964 bits per heavy atom. The van der Waals surface area contributed by atoms with Crippen LogP contribution in [0, 0.1) is 0 Å². The van der Waals surface area contributed by atoms with Crippen molar-refractivity contribution in [2.24, 2.45) is 0 Å². The zero-order valence-electron chi connectivity index (χ0n) is 15.0. The van der Waals surface area contributed by atoms with Gasteiger partial charge in [0, 0.05) is 31.9 Å². The fraction of sp³-hybridized carbons (Fsp3) is 0.421. The van der Waals surface area contributed by atoms with Crippen molar-refractivity contribution in [1.29, 1.82) is 0 Å². The minimum atomic E-state index is -4.50. The second-order valence-electron chi connectivity index (χ2n) is 6.84. The van der Waals surface area contributed by atoms with Gasteiger partial charge < -0.3 is 5.32 Å². The molecule has 1 fully saturated rings. The van der Waals surface area contributed by atoms with Crippen LogP contribution in [0.15, 0.2) is 42.6 Å². The summed E-state index contributed by atoms with van der Waals surface area (Å²) in [6.07, 6.45) is -8.19. The van der Waals surface area contributed by atoms with Crippen LogP contribution in [0.4, 0.5) is 26.3 Å². The van der Waals surface area contributed by atoms with Gasteiger partial charge in [0.15, 0.2) is 0 Å². The van der Waals surface area contributed by atoms with Crippen LogP contribution in [-0.2, 0) is 12.4 Å². The predicted octanol–water partition coefficient (Wildman–Crippen LogP) is 4.50. The monoisotopic (exact) mass is 403 g/mol. The lowest BCUT2D eigenvalue weighted by Crippen LogP contribution is -2.50. The number of nitrogens with zero attached hydrogens (tertiary/aromatic N) is 2. The molecule has 28 heavy (non-hydrogen) atoms. The van der Waals surface area contributed by atoms with Crippen molar-refractivity contribution in [2.75, 3.05) is 19.6 Å². The first-order chi connectivity index (χ1) is 13.1. The number of benzene rings is 1. The van der Waals surface area contributed by atoms with E-state index >= 15 is 0 Å². The second kappa shape index (κ2) is 7.71. The Morgan fingerprint density at radius 2 is 1.57 bits per heavy atom. The highest BCUT2D eigenvalue weighted by atomic mass is 19.4. The summed E-state index contributed by atoms with van der Waals surface area (Å²) in [4.78, 5) is 6.00. The van der Waals surface area contributed by atoms with Gasteiger partial charge in [-0.3, -0.25) is 9.88 Å². The SMILES string of the molecule is CC1CN(C(c2ccc(C(F)(F)F)cc2)c2ccc(C(F)(F)F)cn2)CCN1. The van der Waals surface area contributed by atoms with Gasteiger partial charge in [0.05, 0.1) is 22.9 Å². The Balaban J connectivity index is 1.98. The van der Waals surface area contributed by atoms with E-state index in [1.165, 1.54) is 18.2 Å². The topological polar surface area (TPSA) is 28.2 Å². The molecular weight excluding hydrogens is 384 g/mol. The summed E-state index contributed by atoms with van der Waals surface area (Å²) in [6.45, 7) is 3.82. The van der Waals surface area contributed by atoms with Crippen molar-refractivity contribution in [1.82, 2.24) is 15.2 Å². The minimum Gasteiger partial charge on any atom is -0.312 e. The molecular formula is C19H19F6N3. The minimum absolute atomic E-state index is 0.139. The van der Waals surface area contributed by atoms with Crippen molar-refractivity contribution >= 4 is 0 Å².